The molecule has 1 heterocycles. The minimum absolute atomic E-state index is 0.660. The van der Waals surface area contributed by atoms with Crippen LogP contribution >= 0.6 is 11.8 Å². The molecule has 0 fully saturated rings. The second-order valence-electron chi connectivity index (χ2n) is 3.28. The van der Waals surface area contributed by atoms with Crippen LogP contribution in [0.15, 0.2) is 52.8 Å². The second kappa shape index (κ2) is 5.63. The van der Waals surface area contributed by atoms with Crippen molar-refractivity contribution >= 4 is 11.8 Å². The van der Waals surface area contributed by atoms with Gasteiger partial charge in [0.05, 0.1) is 0 Å². The lowest BCUT2D eigenvalue weighted by molar-refractivity contribution is 0.935. The Hall–Kier alpha value is -1.39. The highest BCUT2D eigenvalue weighted by Crippen LogP contribution is 2.27. The molecule has 0 atom stereocenters. The fourth-order valence-corrected chi connectivity index (χ4v) is 2.27. The van der Waals surface area contributed by atoms with Crippen molar-refractivity contribution in [2.24, 2.45) is 5.73 Å². The predicted octanol–water partition coefficient (Wildman–Crippen LogP) is 2.13. The molecule has 2 N–H and O–H groups in total. The van der Waals surface area contributed by atoms with Crippen molar-refractivity contribution in [1.82, 2.24) is 9.97 Å². The van der Waals surface area contributed by atoms with Gasteiger partial charge in [-0.2, -0.15) is 0 Å². The Kier molecular flexibility index (Phi) is 3.91. The Bertz CT molecular complexity index is 445. The molecule has 4 heteroatoms. The largest absolute Gasteiger partial charge is 0.330 e. The first-order valence-electron chi connectivity index (χ1n) is 5.13. The molecule has 1 aromatic carbocycles. The van der Waals surface area contributed by atoms with Gasteiger partial charge in [-0.25, -0.2) is 9.97 Å². The van der Waals surface area contributed by atoms with Crippen molar-refractivity contribution in [2.45, 2.75) is 16.5 Å². The SMILES string of the molecule is NCCc1ccccc1Sc1ncccn1. The number of benzene rings is 1. The maximum absolute atomic E-state index is 5.58. The van der Waals surface area contributed by atoms with E-state index in [0.29, 0.717) is 6.54 Å². The van der Waals surface area contributed by atoms with E-state index < -0.39 is 0 Å². The molecule has 16 heavy (non-hydrogen) atoms. The van der Waals surface area contributed by atoms with Crippen molar-refractivity contribution in [3.8, 4) is 0 Å². The van der Waals surface area contributed by atoms with E-state index in [4.69, 9.17) is 5.73 Å². The molecule has 3 nitrogen and oxygen atoms in total. The van der Waals surface area contributed by atoms with Crippen molar-refractivity contribution < 1.29 is 0 Å². The van der Waals surface area contributed by atoms with Gasteiger partial charge in [0.2, 0.25) is 0 Å². The van der Waals surface area contributed by atoms with Crippen LogP contribution in [0.5, 0.6) is 0 Å². The van der Waals surface area contributed by atoms with Crippen LogP contribution in [-0.4, -0.2) is 16.5 Å². The summed E-state index contributed by atoms with van der Waals surface area (Å²) in [6.45, 7) is 0.660. The van der Waals surface area contributed by atoms with Crippen molar-refractivity contribution in [3.63, 3.8) is 0 Å². The average Bonchev–Trinajstić information content (AvgIpc) is 2.33. The molecule has 0 aliphatic rings. The highest BCUT2D eigenvalue weighted by atomic mass is 32.2. The van der Waals surface area contributed by atoms with Gasteiger partial charge in [0.15, 0.2) is 5.16 Å². The maximum atomic E-state index is 5.58. The summed E-state index contributed by atoms with van der Waals surface area (Å²) in [6.07, 6.45) is 4.39. The van der Waals surface area contributed by atoms with Crippen molar-refractivity contribution in [2.75, 3.05) is 6.54 Å². The smallest absolute Gasteiger partial charge is 0.192 e. The van der Waals surface area contributed by atoms with Gasteiger partial charge in [-0.1, -0.05) is 18.2 Å². The van der Waals surface area contributed by atoms with Crippen LogP contribution in [0.2, 0.25) is 0 Å². The zero-order chi connectivity index (χ0) is 11.2. The van der Waals surface area contributed by atoms with Gasteiger partial charge in [0.1, 0.15) is 0 Å². The van der Waals surface area contributed by atoms with E-state index >= 15 is 0 Å². The summed E-state index contributed by atoms with van der Waals surface area (Å²) in [7, 11) is 0. The number of nitrogens with zero attached hydrogens (tertiary/aromatic N) is 2. The minimum atomic E-state index is 0.660. The fourth-order valence-electron chi connectivity index (χ4n) is 1.40. The molecule has 0 aliphatic heterocycles. The van der Waals surface area contributed by atoms with Crippen molar-refractivity contribution in [1.29, 1.82) is 0 Å². The molecule has 82 valence electrons. The number of rotatable bonds is 4. The average molecular weight is 231 g/mol. The summed E-state index contributed by atoms with van der Waals surface area (Å²) < 4.78 is 0. The summed E-state index contributed by atoms with van der Waals surface area (Å²) in [4.78, 5) is 9.57. The molecule has 0 unspecified atom stereocenters. The highest BCUT2D eigenvalue weighted by Gasteiger charge is 2.04. The van der Waals surface area contributed by atoms with Gasteiger partial charge >= 0.3 is 0 Å². The van der Waals surface area contributed by atoms with Gasteiger partial charge in [0, 0.05) is 17.3 Å². The van der Waals surface area contributed by atoms with E-state index in [0.717, 1.165) is 11.6 Å². The summed E-state index contributed by atoms with van der Waals surface area (Å²) in [5, 5.41) is 0.770. The fraction of sp³-hybridized carbons (Fsp3) is 0.167. The normalized spacial score (nSPS) is 10.3. The van der Waals surface area contributed by atoms with Gasteiger partial charge in [0.25, 0.3) is 0 Å². The Morgan fingerprint density at radius 3 is 2.56 bits per heavy atom. The molecule has 0 saturated heterocycles. The third kappa shape index (κ3) is 2.81. The number of hydrogen-bond donors (Lipinski definition) is 1. The van der Waals surface area contributed by atoms with Crippen LogP contribution < -0.4 is 5.73 Å². The molecule has 2 aromatic rings. The van der Waals surface area contributed by atoms with E-state index in [1.165, 1.54) is 10.5 Å². The summed E-state index contributed by atoms with van der Waals surface area (Å²) >= 11 is 1.58. The Morgan fingerprint density at radius 1 is 1.06 bits per heavy atom. The lowest BCUT2D eigenvalue weighted by Crippen LogP contribution is -2.03. The molecule has 1 aromatic heterocycles. The van der Waals surface area contributed by atoms with Gasteiger partial charge < -0.3 is 5.73 Å². The third-order valence-corrected chi connectivity index (χ3v) is 3.14. The second-order valence-corrected chi connectivity index (χ2v) is 4.29. The zero-order valence-corrected chi connectivity index (χ0v) is 9.65. The molecule has 0 aliphatic carbocycles. The number of hydrogen-bond acceptors (Lipinski definition) is 4. The molecule has 0 radical (unpaired) electrons. The van der Waals surface area contributed by atoms with Crippen LogP contribution in [0, 0.1) is 0 Å². The van der Waals surface area contributed by atoms with Crippen LogP contribution in [0.1, 0.15) is 5.56 Å². The molecule has 2 rings (SSSR count). The molecular weight excluding hydrogens is 218 g/mol. The zero-order valence-electron chi connectivity index (χ0n) is 8.84. The van der Waals surface area contributed by atoms with E-state index in [2.05, 4.69) is 22.1 Å². The van der Waals surface area contributed by atoms with Crippen LogP contribution in [0.25, 0.3) is 0 Å². The summed E-state index contributed by atoms with van der Waals surface area (Å²) in [5.41, 5.74) is 6.83. The predicted molar refractivity (Wildman–Crippen MR) is 65.4 cm³/mol. The monoisotopic (exact) mass is 231 g/mol. The van der Waals surface area contributed by atoms with E-state index in [-0.39, 0.29) is 0 Å². The van der Waals surface area contributed by atoms with Crippen LogP contribution in [0.4, 0.5) is 0 Å². The van der Waals surface area contributed by atoms with E-state index in [9.17, 15) is 0 Å². The number of nitrogens with two attached hydrogens (primary N) is 1. The molecular formula is C12H13N3S. The molecule has 0 spiro atoms. The highest BCUT2D eigenvalue weighted by molar-refractivity contribution is 7.99. The lowest BCUT2D eigenvalue weighted by Gasteiger charge is -2.06. The Labute approximate surface area is 99.1 Å². The first kappa shape index (κ1) is 11.1. The molecule has 0 saturated carbocycles. The third-order valence-electron chi connectivity index (χ3n) is 2.13. The standard InChI is InChI=1S/C12H13N3S/c13-7-6-10-4-1-2-5-11(10)16-12-14-8-3-9-15-12/h1-5,8-9H,6-7,13H2. The van der Waals surface area contributed by atoms with E-state index in [1.54, 1.807) is 24.2 Å². The van der Waals surface area contributed by atoms with Gasteiger partial charge in [-0.05, 0) is 42.4 Å². The lowest BCUT2D eigenvalue weighted by atomic mass is 10.1. The summed E-state index contributed by atoms with van der Waals surface area (Å²) in [5.74, 6) is 0. The minimum Gasteiger partial charge on any atom is -0.330 e. The van der Waals surface area contributed by atoms with Crippen LogP contribution in [-0.2, 0) is 6.42 Å². The first-order chi connectivity index (χ1) is 7.90. The Balaban J connectivity index is 2.21. The first-order valence-corrected chi connectivity index (χ1v) is 5.94. The Morgan fingerprint density at radius 2 is 1.81 bits per heavy atom. The summed E-state index contributed by atoms with van der Waals surface area (Å²) in [6, 6.07) is 10.0. The van der Waals surface area contributed by atoms with Crippen LogP contribution in [0.3, 0.4) is 0 Å². The molecule has 0 bridgehead atoms. The van der Waals surface area contributed by atoms with Gasteiger partial charge in [-0.15, -0.1) is 0 Å². The maximum Gasteiger partial charge on any atom is 0.192 e. The van der Waals surface area contributed by atoms with E-state index in [1.807, 2.05) is 18.2 Å². The van der Waals surface area contributed by atoms with Gasteiger partial charge in [-0.3, -0.25) is 0 Å². The quantitative estimate of drug-likeness (QED) is 0.819. The van der Waals surface area contributed by atoms with Crippen molar-refractivity contribution in [3.05, 3.63) is 48.3 Å². The topological polar surface area (TPSA) is 51.8 Å². The molecule has 0 amide bonds. The number of aromatic nitrogens is 2.